The Morgan fingerprint density at radius 3 is 2.41 bits per heavy atom. The summed E-state index contributed by atoms with van der Waals surface area (Å²) in [6.07, 6.45) is 1.80. The molecular formula is C14H15NO2. The molecule has 0 aliphatic rings. The van der Waals surface area contributed by atoms with Crippen LogP contribution < -0.4 is 10.3 Å². The molecule has 0 fully saturated rings. The van der Waals surface area contributed by atoms with Crippen molar-refractivity contribution in [1.82, 2.24) is 4.57 Å². The van der Waals surface area contributed by atoms with Gasteiger partial charge in [-0.2, -0.15) is 0 Å². The van der Waals surface area contributed by atoms with Crippen molar-refractivity contribution >= 4 is 0 Å². The summed E-state index contributed by atoms with van der Waals surface area (Å²) in [5.74, 6) is 0.821. The predicted molar refractivity (Wildman–Crippen MR) is 67.5 cm³/mol. The first-order valence-electron chi connectivity index (χ1n) is 5.53. The SMILES string of the molecule is COc1ccc(C(C)n2ccccc2=O)cc1. The average molecular weight is 229 g/mol. The maximum Gasteiger partial charge on any atom is 0.251 e. The van der Waals surface area contributed by atoms with Crippen molar-refractivity contribution in [1.29, 1.82) is 0 Å². The van der Waals surface area contributed by atoms with Crippen LogP contribution in [0.25, 0.3) is 0 Å². The van der Waals surface area contributed by atoms with Gasteiger partial charge in [0.25, 0.3) is 5.56 Å². The molecule has 1 heterocycles. The number of nitrogens with zero attached hydrogens (tertiary/aromatic N) is 1. The third kappa shape index (κ3) is 2.38. The Kier molecular flexibility index (Phi) is 3.28. The van der Waals surface area contributed by atoms with Gasteiger partial charge in [-0.05, 0) is 30.7 Å². The van der Waals surface area contributed by atoms with E-state index in [1.807, 2.05) is 37.3 Å². The zero-order valence-electron chi connectivity index (χ0n) is 9.96. The van der Waals surface area contributed by atoms with Crippen LogP contribution in [0.4, 0.5) is 0 Å². The van der Waals surface area contributed by atoms with Gasteiger partial charge in [-0.15, -0.1) is 0 Å². The van der Waals surface area contributed by atoms with E-state index >= 15 is 0 Å². The summed E-state index contributed by atoms with van der Waals surface area (Å²) in [5, 5.41) is 0. The van der Waals surface area contributed by atoms with Gasteiger partial charge in [0.15, 0.2) is 0 Å². The molecule has 17 heavy (non-hydrogen) atoms. The van der Waals surface area contributed by atoms with E-state index in [1.54, 1.807) is 30.0 Å². The molecule has 1 aromatic heterocycles. The maximum atomic E-state index is 11.7. The van der Waals surface area contributed by atoms with Gasteiger partial charge in [0.1, 0.15) is 5.75 Å². The standard InChI is InChI=1S/C14H15NO2/c1-11(15-10-4-3-5-14(15)16)12-6-8-13(17-2)9-7-12/h3-11H,1-2H3. The Bertz CT molecular complexity index is 543. The molecule has 0 N–H and O–H groups in total. The molecule has 0 spiro atoms. The number of rotatable bonds is 3. The highest BCUT2D eigenvalue weighted by Gasteiger charge is 2.08. The van der Waals surface area contributed by atoms with E-state index in [-0.39, 0.29) is 11.6 Å². The largest absolute Gasteiger partial charge is 0.497 e. The molecule has 0 aliphatic heterocycles. The molecule has 1 unspecified atom stereocenters. The Labute approximate surface area is 100 Å². The molecule has 2 rings (SSSR count). The molecule has 0 amide bonds. The lowest BCUT2D eigenvalue weighted by molar-refractivity contribution is 0.414. The summed E-state index contributed by atoms with van der Waals surface area (Å²) in [6, 6.07) is 13.0. The minimum atomic E-state index is 0.0100. The normalized spacial score (nSPS) is 12.1. The van der Waals surface area contributed by atoms with Crippen molar-refractivity contribution in [2.75, 3.05) is 7.11 Å². The van der Waals surface area contributed by atoms with Crippen molar-refractivity contribution in [2.45, 2.75) is 13.0 Å². The summed E-state index contributed by atoms with van der Waals surface area (Å²) >= 11 is 0. The summed E-state index contributed by atoms with van der Waals surface area (Å²) in [4.78, 5) is 11.7. The number of pyridine rings is 1. The smallest absolute Gasteiger partial charge is 0.251 e. The number of methoxy groups -OCH3 is 1. The van der Waals surface area contributed by atoms with Gasteiger partial charge in [-0.1, -0.05) is 18.2 Å². The lowest BCUT2D eigenvalue weighted by Crippen LogP contribution is -2.21. The summed E-state index contributed by atoms with van der Waals surface area (Å²) in [6.45, 7) is 2.00. The molecule has 0 saturated carbocycles. The second-order valence-electron chi connectivity index (χ2n) is 3.90. The molecule has 1 aromatic carbocycles. The molecule has 0 saturated heterocycles. The van der Waals surface area contributed by atoms with E-state index in [0.29, 0.717) is 0 Å². The average Bonchev–Trinajstić information content (AvgIpc) is 2.39. The quantitative estimate of drug-likeness (QED) is 0.809. The number of aromatic nitrogens is 1. The fourth-order valence-corrected chi connectivity index (χ4v) is 1.80. The summed E-state index contributed by atoms with van der Waals surface area (Å²) in [7, 11) is 1.64. The molecule has 0 bridgehead atoms. The lowest BCUT2D eigenvalue weighted by atomic mass is 10.1. The number of hydrogen-bond acceptors (Lipinski definition) is 2. The van der Waals surface area contributed by atoms with E-state index in [1.165, 1.54) is 0 Å². The zero-order valence-corrected chi connectivity index (χ0v) is 9.96. The second kappa shape index (κ2) is 4.87. The van der Waals surface area contributed by atoms with Gasteiger partial charge < -0.3 is 9.30 Å². The number of benzene rings is 1. The maximum absolute atomic E-state index is 11.7. The third-order valence-corrected chi connectivity index (χ3v) is 2.87. The van der Waals surface area contributed by atoms with Gasteiger partial charge in [-0.3, -0.25) is 4.79 Å². The van der Waals surface area contributed by atoms with Gasteiger partial charge in [0.2, 0.25) is 0 Å². The third-order valence-electron chi connectivity index (χ3n) is 2.87. The van der Waals surface area contributed by atoms with Crippen LogP contribution in [0.2, 0.25) is 0 Å². The number of ether oxygens (including phenoxy) is 1. The first kappa shape index (κ1) is 11.5. The van der Waals surface area contributed by atoms with Gasteiger partial charge in [0.05, 0.1) is 13.2 Å². The molecule has 1 atom stereocenters. The minimum Gasteiger partial charge on any atom is -0.497 e. The Balaban J connectivity index is 2.34. The monoisotopic (exact) mass is 229 g/mol. The van der Waals surface area contributed by atoms with Crippen LogP contribution in [-0.2, 0) is 0 Å². The van der Waals surface area contributed by atoms with Crippen LogP contribution in [0.5, 0.6) is 5.75 Å². The molecule has 3 nitrogen and oxygen atoms in total. The van der Waals surface area contributed by atoms with Crippen molar-refractivity contribution in [3.05, 3.63) is 64.6 Å². The topological polar surface area (TPSA) is 31.2 Å². The fourth-order valence-electron chi connectivity index (χ4n) is 1.80. The zero-order chi connectivity index (χ0) is 12.3. The van der Waals surface area contributed by atoms with Gasteiger partial charge >= 0.3 is 0 Å². The molecule has 3 heteroatoms. The molecule has 2 aromatic rings. The van der Waals surface area contributed by atoms with E-state index in [9.17, 15) is 4.79 Å². The van der Waals surface area contributed by atoms with Crippen LogP contribution in [0.15, 0.2) is 53.5 Å². The Morgan fingerprint density at radius 2 is 1.82 bits per heavy atom. The lowest BCUT2D eigenvalue weighted by Gasteiger charge is -2.15. The van der Waals surface area contributed by atoms with Crippen LogP contribution in [0, 0.1) is 0 Å². The summed E-state index contributed by atoms with van der Waals surface area (Å²) < 4.78 is 6.82. The highest BCUT2D eigenvalue weighted by Crippen LogP contribution is 2.19. The van der Waals surface area contributed by atoms with Crippen molar-refractivity contribution in [3.63, 3.8) is 0 Å². The van der Waals surface area contributed by atoms with Crippen molar-refractivity contribution < 1.29 is 4.74 Å². The summed E-state index contributed by atoms with van der Waals surface area (Å²) in [5.41, 5.74) is 1.09. The Morgan fingerprint density at radius 1 is 1.12 bits per heavy atom. The van der Waals surface area contributed by atoms with Gasteiger partial charge in [-0.25, -0.2) is 0 Å². The van der Waals surface area contributed by atoms with E-state index in [4.69, 9.17) is 4.74 Å². The van der Waals surface area contributed by atoms with Crippen molar-refractivity contribution in [2.24, 2.45) is 0 Å². The van der Waals surface area contributed by atoms with Crippen LogP contribution >= 0.6 is 0 Å². The van der Waals surface area contributed by atoms with E-state index in [2.05, 4.69) is 0 Å². The van der Waals surface area contributed by atoms with Crippen LogP contribution in [0.1, 0.15) is 18.5 Å². The second-order valence-corrected chi connectivity index (χ2v) is 3.90. The van der Waals surface area contributed by atoms with E-state index in [0.717, 1.165) is 11.3 Å². The molecular weight excluding hydrogens is 214 g/mol. The first-order chi connectivity index (χ1) is 8.22. The molecule has 0 aliphatic carbocycles. The number of hydrogen-bond donors (Lipinski definition) is 0. The molecule has 0 radical (unpaired) electrons. The minimum absolute atomic E-state index is 0.0100. The van der Waals surface area contributed by atoms with Crippen LogP contribution in [-0.4, -0.2) is 11.7 Å². The highest BCUT2D eigenvalue weighted by molar-refractivity contribution is 5.29. The predicted octanol–water partition coefficient (Wildman–Crippen LogP) is 2.47. The first-order valence-corrected chi connectivity index (χ1v) is 5.53. The Hall–Kier alpha value is -2.03. The highest BCUT2D eigenvalue weighted by atomic mass is 16.5. The van der Waals surface area contributed by atoms with Crippen LogP contribution in [0.3, 0.4) is 0 Å². The fraction of sp³-hybridized carbons (Fsp3) is 0.214. The molecule has 88 valence electrons. The van der Waals surface area contributed by atoms with Crippen molar-refractivity contribution in [3.8, 4) is 5.75 Å². The van der Waals surface area contributed by atoms with E-state index < -0.39 is 0 Å². The van der Waals surface area contributed by atoms with Gasteiger partial charge in [0, 0.05) is 12.3 Å².